The average molecular weight is 636 g/mol. The van der Waals surface area contributed by atoms with Gasteiger partial charge in [-0.1, -0.05) is 78.9 Å². The van der Waals surface area contributed by atoms with Crippen LogP contribution >= 0.6 is 0 Å². The van der Waals surface area contributed by atoms with Crippen molar-refractivity contribution in [2.75, 3.05) is 0 Å². The molecule has 9 aromatic rings. The molecule has 50 heavy (non-hydrogen) atoms. The van der Waals surface area contributed by atoms with Crippen LogP contribution in [0.15, 0.2) is 152 Å². The summed E-state index contributed by atoms with van der Waals surface area (Å²) >= 11 is 0. The fraction of sp³-hybridized carbons (Fsp3) is 0. The highest BCUT2D eigenvalue weighted by molar-refractivity contribution is 6.11. The number of rotatable bonds is 4. The molecule has 0 spiro atoms. The Balaban J connectivity index is 1.20. The first-order valence-corrected chi connectivity index (χ1v) is 16.3. The number of hydrogen-bond acceptors (Lipinski definition) is 3. The molecule has 0 radical (unpaired) electrons. The summed E-state index contributed by atoms with van der Waals surface area (Å²) < 4.78 is 4.47. The summed E-state index contributed by atoms with van der Waals surface area (Å²) in [4.78, 5) is 0. The van der Waals surface area contributed by atoms with Crippen molar-refractivity contribution < 1.29 is 0 Å². The van der Waals surface area contributed by atoms with Crippen molar-refractivity contribution in [2.24, 2.45) is 0 Å². The Morgan fingerprint density at radius 2 is 0.900 bits per heavy atom. The molecule has 0 aliphatic heterocycles. The molecule has 2 aromatic heterocycles. The van der Waals surface area contributed by atoms with Crippen molar-refractivity contribution in [1.82, 2.24) is 9.13 Å². The Morgan fingerprint density at radius 1 is 0.380 bits per heavy atom. The predicted molar refractivity (Wildman–Crippen MR) is 200 cm³/mol. The van der Waals surface area contributed by atoms with E-state index in [1.165, 1.54) is 10.8 Å². The molecule has 0 fully saturated rings. The zero-order chi connectivity index (χ0) is 33.8. The number of para-hydroxylation sites is 3. The maximum Gasteiger partial charge on any atom is 0.0998 e. The van der Waals surface area contributed by atoms with E-state index < -0.39 is 0 Å². The quantitative estimate of drug-likeness (QED) is 0.193. The molecule has 0 N–H and O–H groups in total. The Hall–Kier alpha value is -7.39. The van der Waals surface area contributed by atoms with Crippen LogP contribution in [0.2, 0.25) is 0 Å². The van der Waals surface area contributed by atoms with Gasteiger partial charge in [-0.2, -0.15) is 15.8 Å². The highest BCUT2D eigenvalue weighted by atomic mass is 15.0. The van der Waals surface area contributed by atoms with E-state index in [1.54, 1.807) is 0 Å². The van der Waals surface area contributed by atoms with Crippen molar-refractivity contribution in [3.63, 3.8) is 0 Å². The second kappa shape index (κ2) is 11.4. The van der Waals surface area contributed by atoms with Crippen LogP contribution in [0.3, 0.4) is 0 Å². The fourth-order valence-corrected chi connectivity index (χ4v) is 7.37. The second-order valence-electron chi connectivity index (χ2n) is 12.3. The van der Waals surface area contributed by atoms with E-state index in [-0.39, 0.29) is 0 Å². The normalized spacial score (nSPS) is 11.1. The maximum atomic E-state index is 10.2. The Kier molecular flexibility index (Phi) is 6.56. The van der Waals surface area contributed by atoms with Gasteiger partial charge in [0.2, 0.25) is 0 Å². The lowest BCUT2D eigenvalue weighted by Crippen LogP contribution is -1.98. The van der Waals surface area contributed by atoms with E-state index in [2.05, 4.69) is 118 Å². The van der Waals surface area contributed by atoms with E-state index in [0.717, 1.165) is 66.5 Å². The molecule has 0 unspecified atom stereocenters. The number of hydrogen-bond donors (Lipinski definition) is 0. The Morgan fingerprint density at radius 3 is 1.52 bits per heavy atom. The van der Waals surface area contributed by atoms with Crippen molar-refractivity contribution in [2.45, 2.75) is 0 Å². The molecule has 230 valence electrons. The third-order valence-corrected chi connectivity index (χ3v) is 9.64. The summed E-state index contributed by atoms with van der Waals surface area (Å²) in [6.45, 7) is 0. The van der Waals surface area contributed by atoms with Gasteiger partial charge in [-0.3, -0.25) is 0 Å². The van der Waals surface area contributed by atoms with Gasteiger partial charge in [0.05, 0.1) is 62.7 Å². The molecule has 0 amide bonds. The average Bonchev–Trinajstić information content (AvgIpc) is 3.70. The summed E-state index contributed by atoms with van der Waals surface area (Å²) in [6.07, 6.45) is 0. The zero-order valence-corrected chi connectivity index (χ0v) is 26.7. The number of aromatic nitrogens is 2. The smallest absolute Gasteiger partial charge is 0.0998 e. The third kappa shape index (κ3) is 4.38. The summed E-state index contributed by atoms with van der Waals surface area (Å²) in [5.41, 5.74) is 11.5. The lowest BCUT2D eigenvalue weighted by molar-refractivity contribution is 1.18. The van der Waals surface area contributed by atoms with Crippen LogP contribution in [-0.2, 0) is 0 Å². The molecular weight excluding hydrogens is 611 g/mol. The van der Waals surface area contributed by atoms with Crippen LogP contribution in [0.1, 0.15) is 16.7 Å². The Labute approximate surface area is 287 Å². The first-order valence-electron chi connectivity index (χ1n) is 16.3. The minimum absolute atomic E-state index is 0.561. The SMILES string of the molecule is N#Cc1ccc(-n2c3ccccc3c3cc(C#N)ccc32)c(-c2ccc(-c3cc(-n4c5ccccc5c5ccccc54)ccc3C#N)cc2)c1. The van der Waals surface area contributed by atoms with Gasteiger partial charge in [0.1, 0.15) is 0 Å². The largest absolute Gasteiger partial charge is 0.309 e. The van der Waals surface area contributed by atoms with Gasteiger partial charge in [-0.15, -0.1) is 0 Å². The van der Waals surface area contributed by atoms with Crippen LogP contribution in [-0.4, -0.2) is 9.13 Å². The van der Waals surface area contributed by atoms with E-state index in [9.17, 15) is 15.8 Å². The lowest BCUT2D eigenvalue weighted by Gasteiger charge is -2.15. The maximum absolute atomic E-state index is 10.2. The van der Waals surface area contributed by atoms with Crippen molar-refractivity contribution in [3.8, 4) is 51.8 Å². The van der Waals surface area contributed by atoms with Gasteiger partial charge in [0.25, 0.3) is 0 Å². The molecule has 9 rings (SSSR count). The van der Waals surface area contributed by atoms with Gasteiger partial charge in [0, 0.05) is 38.4 Å². The summed E-state index contributed by atoms with van der Waals surface area (Å²) in [5.74, 6) is 0. The molecule has 0 aliphatic carbocycles. The monoisotopic (exact) mass is 635 g/mol. The van der Waals surface area contributed by atoms with Crippen molar-refractivity contribution >= 4 is 43.6 Å². The van der Waals surface area contributed by atoms with Gasteiger partial charge in [-0.25, -0.2) is 0 Å². The number of nitriles is 3. The van der Waals surface area contributed by atoms with E-state index >= 15 is 0 Å². The van der Waals surface area contributed by atoms with Crippen LogP contribution in [0, 0.1) is 34.0 Å². The summed E-state index contributed by atoms with van der Waals surface area (Å²) in [6, 6.07) is 57.8. The fourth-order valence-electron chi connectivity index (χ4n) is 7.37. The van der Waals surface area contributed by atoms with Crippen LogP contribution in [0.4, 0.5) is 0 Å². The first kappa shape index (κ1) is 28.8. The van der Waals surface area contributed by atoms with Gasteiger partial charge in [0.15, 0.2) is 0 Å². The molecule has 0 saturated carbocycles. The topological polar surface area (TPSA) is 81.2 Å². The molecule has 0 bridgehead atoms. The predicted octanol–water partition coefficient (Wildman–Crippen LogP) is 10.8. The molecule has 2 heterocycles. The minimum atomic E-state index is 0.561. The van der Waals surface area contributed by atoms with Gasteiger partial charge >= 0.3 is 0 Å². The summed E-state index contributed by atoms with van der Waals surface area (Å²) in [5, 5.41) is 34.1. The number of benzene rings is 7. The standard InChI is InChI=1S/C45H25N5/c46-26-29-13-21-44(50-43-12-6-3-9-37(43)40-24-30(27-47)14-22-45(40)50)39(23-29)32-17-15-31(16-18-32)38-25-34(20-19-33(38)28-48)49-41-10-4-1-7-35(41)36-8-2-5-11-42(36)49/h1-25H. The molecular formula is C45H25N5. The lowest BCUT2D eigenvalue weighted by atomic mass is 9.95. The van der Waals surface area contributed by atoms with Gasteiger partial charge in [-0.05, 0) is 83.9 Å². The van der Waals surface area contributed by atoms with Crippen LogP contribution in [0.5, 0.6) is 0 Å². The zero-order valence-electron chi connectivity index (χ0n) is 26.7. The highest BCUT2D eigenvalue weighted by Crippen LogP contribution is 2.39. The summed E-state index contributed by atoms with van der Waals surface area (Å²) in [7, 11) is 0. The van der Waals surface area contributed by atoms with Gasteiger partial charge < -0.3 is 9.13 Å². The van der Waals surface area contributed by atoms with E-state index in [4.69, 9.17) is 0 Å². The molecule has 0 aliphatic rings. The van der Waals surface area contributed by atoms with Crippen molar-refractivity contribution in [3.05, 3.63) is 168 Å². The highest BCUT2D eigenvalue weighted by Gasteiger charge is 2.18. The molecule has 5 heteroatoms. The molecule has 5 nitrogen and oxygen atoms in total. The number of fused-ring (bicyclic) bond motifs is 6. The van der Waals surface area contributed by atoms with Crippen molar-refractivity contribution in [1.29, 1.82) is 15.8 Å². The molecule has 0 atom stereocenters. The first-order chi connectivity index (χ1) is 24.7. The van der Waals surface area contributed by atoms with Crippen LogP contribution in [0.25, 0.3) is 77.2 Å². The van der Waals surface area contributed by atoms with Crippen LogP contribution < -0.4 is 0 Å². The third-order valence-electron chi connectivity index (χ3n) is 9.64. The van der Waals surface area contributed by atoms with E-state index in [1.807, 2.05) is 60.7 Å². The van der Waals surface area contributed by atoms with E-state index in [0.29, 0.717) is 16.7 Å². The Bertz CT molecular complexity index is 2900. The number of nitrogens with zero attached hydrogens (tertiary/aromatic N) is 5. The minimum Gasteiger partial charge on any atom is -0.309 e. The molecule has 7 aromatic carbocycles. The second-order valence-corrected chi connectivity index (χ2v) is 12.3. The molecule has 0 saturated heterocycles.